The zero-order valence-corrected chi connectivity index (χ0v) is 24.4. The highest BCUT2D eigenvalue weighted by Gasteiger charge is 2.48. The fourth-order valence-corrected chi connectivity index (χ4v) is 8.07. The number of nitrogens with two attached hydrogens (primary N) is 1. The zero-order chi connectivity index (χ0) is 28.1. The highest BCUT2D eigenvalue weighted by Crippen LogP contribution is 2.48. The number of fused-ring (bicyclic) bond motifs is 2. The summed E-state index contributed by atoms with van der Waals surface area (Å²) in [5.41, 5.74) is 9.08. The van der Waals surface area contributed by atoms with Crippen LogP contribution in [0.15, 0.2) is 42.0 Å². The Bertz CT molecular complexity index is 1510. The van der Waals surface area contributed by atoms with Crippen LogP contribution in [0.25, 0.3) is 10.2 Å². The van der Waals surface area contributed by atoms with Crippen LogP contribution in [0.2, 0.25) is 4.34 Å². The molecule has 2 bridgehead atoms. The van der Waals surface area contributed by atoms with Crippen molar-refractivity contribution >= 4 is 62.4 Å². The second kappa shape index (κ2) is 10.9. The number of hydrogen-bond donors (Lipinski definition) is 3. The molecule has 1 saturated heterocycles. The van der Waals surface area contributed by atoms with E-state index in [1.807, 2.05) is 35.2 Å². The summed E-state index contributed by atoms with van der Waals surface area (Å²) >= 11 is 7.73. The zero-order valence-electron chi connectivity index (χ0n) is 22.8. The van der Waals surface area contributed by atoms with Crippen LogP contribution in [0.1, 0.15) is 48.9 Å². The molecule has 3 atom stereocenters. The largest absolute Gasteiger partial charge is 0.369 e. The number of piperazine rings is 1. The van der Waals surface area contributed by atoms with Gasteiger partial charge in [0, 0.05) is 43.5 Å². The molecule has 41 heavy (non-hydrogen) atoms. The first-order chi connectivity index (χ1) is 19.9. The molecular formula is C30H34ClN7O2S. The minimum absolute atomic E-state index is 0.0742. The Morgan fingerprint density at radius 2 is 1.76 bits per heavy atom. The quantitative estimate of drug-likeness (QED) is 0.330. The summed E-state index contributed by atoms with van der Waals surface area (Å²) in [5, 5.41) is 6.74. The van der Waals surface area contributed by atoms with E-state index >= 15 is 0 Å². The van der Waals surface area contributed by atoms with Gasteiger partial charge in [0.1, 0.15) is 5.82 Å². The number of aromatic nitrogens is 2. The van der Waals surface area contributed by atoms with Crippen LogP contribution in [0.3, 0.4) is 0 Å². The van der Waals surface area contributed by atoms with Gasteiger partial charge in [0.05, 0.1) is 26.5 Å². The lowest BCUT2D eigenvalue weighted by Gasteiger charge is -2.40. The molecule has 1 aromatic carbocycles. The molecule has 3 heterocycles. The van der Waals surface area contributed by atoms with E-state index in [0.717, 1.165) is 43.0 Å². The molecule has 1 aliphatic heterocycles. The predicted molar refractivity (Wildman–Crippen MR) is 163 cm³/mol. The fourth-order valence-electron chi connectivity index (χ4n) is 6.96. The van der Waals surface area contributed by atoms with Crippen LogP contribution in [-0.2, 0) is 4.79 Å². The second-order valence-electron chi connectivity index (χ2n) is 11.6. The van der Waals surface area contributed by atoms with Gasteiger partial charge in [-0.2, -0.15) is 4.98 Å². The summed E-state index contributed by atoms with van der Waals surface area (Å²) in [6, 6.07) is 9.81. The number of amides is 2. The van der Waals surface area contributed by atoms with Crippen molar-refractivity contribution < 1.29 is 9.59 Å². The minimum atomic E-state index is -0.301. The van der Waals surface area contributed by atoms with Crippen molar-refractivity contribution in [1.82, 2.24) is 19.8 Å². The molecule has 0 radical (unpaired) electrons. The Labute approximate surface area is 248 Å². The molecule has 2 saturated carbocycles. The number of carbonyl (C=O) groups is 2. The third kappa shape index (κ3) is 5.17. The van der Waals surface area contributed by atoms with Crippen molar-refractivity contribution in [2.24, 2.45) is 17.6 Å². The van der Waals surface area contributed by atoms with E-state index in [1.165, 1.54) is 49.0 Å². The Morgan fingerprint density at radius 1 is 1.02 bits per heavy atom. The molecular weight excluding hydrogens is 558 g/mol. The van der Waals surface area contributed by atoms with Gasteiger partial charge < -0.3 is 21.3 Å². The first kappa shape index (κ1) is 26.7. The molecule has 3 fully saturated rings. The van der Waals surface area contributed by atoms with Crippen LogP contribution in [0, 0.1) is 11.8 Å². The van der Waals surface area contributed by atoms with Gasteiger partial charge in [0.2, 0.25) is 11.9 Å². The maximum Gasteiger partial charge on any atom is 0.253 e. The number of hydrogen-bond acceptors (Lipinski definition) is 8. The van der Waals surface area contributed by atoms with Gasteiger partial charge in [-0.25, -0.2) is 4.98 Å². The van der Waals surface area contributed by atoms with E-state index in [2.05, 4.69) is 26.6 Å². The molecule has 11 heteroatoms. The number of nitrogens with zero attached hydrogens (tertiary/aromatic N) is 4. The maximum absolute atomic E-state index is 13.2. The van der Waals surface area contributed by atoms with Crippen molar-refractivity contribution in [1.29, 1.82) is 0 Å². The molecule has 4 aliphatic carbocycles. The summed E-state index contributed by atoms with van der Waals surface area (Å²) in [6.45, 7) is 3.46. The number of nitrogens with one attached hydrogen (secondary N) is 2. The topological polar surface area (TPSA) is 116 Å². The van der Waals surface area contributed by atoms with E-state index in [1.54, 1.807) is 0 Å². The van der Waals surface area contributed by atoms with Gasteiger partial charge in [-0.05, 0) is 55.5 Å². The van der Waals surface area contributed by atoms with Gasteiger partial charge in [0.15, 0.2) is 0 Å². The summed E-state index contributed by atoms with van der Waals surface area (Å²) in [7, 11) is 0. The lowest BCUT2D eigenvalue weighted by atomic mass is 9.92. The number of carbonyl (C=O) groups excluding carboxylic acids is 2. The van der Waals surface area contributed by atoms with Crippen LogP contribution in [0.4, 0.5) is 17.5 Å². The smallest absolute Gasteiger partial charge is 0.253 e. The summed E-state index contributed by atoms with van der Waals surface area (Å²) in [5.74, 6) is 0.724. The van der Waals surface area contributed by atoms with E-state index < -0.39 is 0 Å². The molecule has 1 unspecified atom stereocenters. The Kier molecular flexibility index (Phi) is 7.08. The normalized spacial score (nSPS) is 24.7. The van der Waals surface area contributed by atoms with Crippen molar-refractivity contribution in [2.45, 2.75) is 50.6 Å². The maximum atomic E-state index is 13.2. The van der Waals surface area contributed by atoms with E-state index in [-0.39, 0.29) is 29.7 Å². The number of primary amides is 1. The third-order valence-corrected chi connectivity index (χ3v) is 10.4. The highest BCUT2D eigenvalue weighted by atomic mass is 35.5. The van der Waals surface area contributed by atoms with Crippen LogP contribution < -0.4 is 16.4 Å². The van der Waals surface area contributed by atoms with Crippen molar-refractivity contribution in [2.75, 3.05) is 36.8 Å². The summed E-state index contributed by atoms with van der Waals surface area (Å²) < 4.78 is 1.44. The molecule has 3 aromatic rings. The summed E-state index contributed by atoms with van der Waals surface area (Å²) in [6.07, 6.45) is 9.63. The Morgan fingerprint density at radius 3 is 2.46 bits per heavy atom. The van der Waals surface area contributed by atoms with Crippen molar-refractivity contribution in [3.05, 3.63) is 51.9 Å². The lowest BCUT2D eigenvalue weighted by Crippen LogP contribution is -2.52. The monoisotopic (exact) mass is 591 g/mol. The fraction of sp³-hybridized carbons (Fsp3) is 0.467. The van der Waals surface area contributed by atoms with Crippen molar-refractivity contribution in [3.63, 3.8) is 0 Å². The van der Waals surface area contributed by atoms with Gasteiger partial charge in [0.25, 0.3) is 5.91 Å². The number of rotatable bonds is 7. The number of benzene rings is 1. The SMILES string of the molecule is NC(=O)[C@H]1C2C=C(C2)[C@H]1Nc1nc(Nc2ccc(C(=O)N3CCN(C4CCCCC4)CC3)cc2)nc2cc(Cl)sc12. The predicted octanol–water partition coefficient (Wildman–Crippen LogP) is 5.02. The van der Waals surface area contributed by atoms with Gasteiger partial charge >= 0.3 is 0 Å². The molecule has 9 nitrogen and oxygen atoms in total. The molecule has 2 amide bonds. The van der Waals surface area contributed by atoms with Crippen molar-refractivity contribution in [3.8, 4) is 0 Å². The molecule has 8 rings (SSSR count). The van der Waals surface area contributed by atoms with E-state index in [4.69, 9.17) is 22.3 Å². The molecule has 4 N–H and O–H groups in total. The van der Waals surface area contributed by atoms with E-state index in [0.29, 0.717) is 33.2 Å². The van der Waals surface area contributed by atoms with Crippen LogP contribution >= 0.6 is 22.9 Å². The van der Waals surface area contributed by atoms with Crippen LogP contribution in [0.5, 0.6) is 0 Å². The number of thiophene rings is 1. The first-order valence-electron chi connectivity index (χ1n) is 14.6. The minimum Gasteiger partial charge on any atom is -0.369 e. The van der Waals surface area contributed by atoms with Gasteiger partial charge in [-0.1, -0.05) is 42.5 Å². The number of halogens is 1. The molecule has 5 aliphatic rings. The number of allylic oxidation sites excluding steroid dienone is 1. The first-order valence-corrected chi connectivity index (χ1v) is 15.8. The highest BCUT2D eigenvalue weighted by molar-refractivity contribution is 7.23. The second-order valence-corrected chi connectivity index (χ2v) is 13.3. The number of anilines is 3. The van der Waals surface area contributed by atoms with Gasteiger partial charge in [-0.15, -0.1) is 11.3 Å². The Hall–Kier alpha value is -3.21. The molecule has 214 valence electrons. The molecule has 2 aromatic heterocycles. The lowest BCUT2D eigenvalue weighted by molar-refractivity contribution is -0.122. The van der Waals surface area contributed by atoms with Crippen LogP contribution in [-0.4, -0.2) is 69.8 Å². The van der Waals surface area contributed by atoms with Gasteiger partial charge in [-0.3, -0.25) is 14.5 Å². The molecule has 0 spiro atoms. The standard InChI is InChI=1S/C30H34ClN7O2S/c31-23-16-22-26(41-23)28(35-25-19-14-18(15-19)24(25)27(32)39)36-30(34-22)33-20-8-6-17(7-9-20)29(40)38-12-10-37(11-13-38)21-4-2-1-3-5-21/h6-9,14,16,18,21,24-25H,1-5,10-13,15H2,(H2,32,39)(H2,33,34,35,36)/t18?,24-,25+/m0/s1. The third-order valence-electron chi connectivity index (χ3n) is 9.16. The van der Waals surface area contributed by atoms with E-state index in [9.17, 15) is 9.59 Å². The Balaban J connectivity index is 1.03. The summed E-state index contributed by atoms with van der Waals surface area (Å²) in [4.78, 5) is 39.3. The average molecular weight is 592 g/mol. The average Bonchev–Trinajstić information content (AvgIpc) is 3.63.